The Labute approximate surface area is 119 Å². The van der Waals surface area contributed by atoms with Gasteiger partial charge in [0, 0.05) is 9.86 Å². The third-order valence-electron chi connectivity index (χ3n) is 3.21. The lowest BCUT2D eigenvalue weighted by molar-refractivity contribution is 0.192. The third-order valence-corrected chi connectivity index (χ3v) is 4.10. The van der Waals surface area contributed by atoms with E-state index in [9.17, 15) is 5.11 Å². The Hall–Kier alpha value is -1.58. The van der Waals surface area contributed by atoms with Crippen molar-refractivity contribution >= 4 is 26.9 Å². The van der Waals surface area contributed by atoms with Gasteiger partial charge in [-0.25, -0.2) is 0 Å². The van der Waals surface area contributed by atoms with Gasteiger partial charge in [-0.15, -0.1) is 0 Å². The van der Waals surface area contributed by atoms with E-state index >= 15 is 0 Å². The minimum absolute atomic E-state index is 0.572. The minimum Gasteiger partial charge on any atom is -0.458 e. The van der Waals surface area contributed by atoms with Crippen LogP contribution in [0.3, 0.4) is 0 Å². The highest BCUT2D eigenvalue weighted by Gasteiger charge is 2.16. The van der Waals surface area contributed by atoms with Crippen molar-refractivity contribution in [1.82, 2.24) is 0 Å². The molecule has 2 nitrogen and oxygen atoms in total. The zero-order valence-corrected chi connectivity index (χ0v) is 12.0. The van der Waals surface area contributed by atoms with Gasteiger partial charge in [0.25, 0.3) is 0 Å². The van der Waals surface area contributed by atoms with Crippen molar-refractivity contribution < 1.29 is 9.52 Å². The van der Waals surface area contributed by atoms with Crippen molar-refractivity contribution in [2.75, 3.05) is 0 Å². The monoisotopic (exact) mass is 316 g/mol. The van der Waals surface area contributed by atoms with E-state index in [0.717, 1.165) is 26.6 Å². The summed E-state index contributed by atoms with van der Waals surface area (Å²) in [7, 11) is 0. The normalized spacial score (nSPS) is 12.8. The molecular formula is C16H13BrO2. The van der Waals surface area contributed by atoms with Crippen molar-refractivity contribution in [1.29, 1.82) is 0 Å². The number of rotatable bonds is 2. The largest absolute Gasteiger partial charge is 0.458 e. The molecule has 96 valence electrons. The number of hydrogen-bond acceptors (Lipinski definition) is 2. The van der Waals surface area contributed by atoms with Crippen LogP contribution in [0.15, 0.2) is 57.4 Å². The molecule has 0 saturated carbocycles. The SMILES string of the molecule is Cc1cc(C(O)c2cc3ccccc3o2)ccc1Br. The molecule has 3 aromatic rings. The Balaban J connectivity index is 2.02. The van der Waals surface area contributed by atoms with E-state index in [4.69, 9.17) is 4.42 Å². The van der Waals surface area contributed by atoms with Gasteiger partial charge in [-0.3, -0.25) is 0 Å². The molecule has 0 aliphatic carbocycles. The highest BCUT2D eigenvalue weighted by Crippen LogP contribution is 2.29. The summed E-state index contributed by atoms with van der Waals surface area (Å²) < 4.78 is 6.73. The summed E-state index contributed by atoms with van der Waals surface area (Å²) in [6.45, 7) is 2.00. The van der Waals surface area contributed by atoms with Crippen LogP contribution in [0.4, 0.5) is 0 Å². The van der Waals surface area contributed by atoms with E-state index < -0.39 is 6.10 Å². The number of halogens is 1. The van der Waals surface area contributed by atoms with Gasteiger partial charge < -0.3 is 9.52 Å². The van der Waals surface area contributed by atoms with Crippen LogP contribution in [0, 0.1) is 6.92 Å². The molecule has 1 heterocycles. The van der Waals surface area contributed by atoms with Gasteiger partial charge in [0.1, 0.15) is 17.4 Å². The summed E-state index contributed by atoms with van der Waals surface area (Å²) in [4.78, 5) is 0. The first-order chi connectivity index (χ1) is 9.15. The first-order valence-electron chi connectivity index (χ1n) is 6.08. The highest BCUT2D eigenvalue weighted by atomic mass is 79.9. The van der Waals surface area contributed by atoms with Crippen LogP contribution >= 0.6 is 15.9 Å². The average Bonchev–Trinajstić information content (AvgIpc) is 2.85. The molecule has 3 rings (SSSR count). The molecule has 0 spiro atoms. The fourth-order valence-electron chi connectivity index (χ4n) is 2.14. The number of furan rings is 1. The van der Waals surface area contributed by atoms with Gasteiger partial charge in [0.05, 0.1) is 0 Å². The van der Waals surface area contributed by atoms with Crippen LogP contribution in [-0.2, 0) is 0 Å². The Morgan fingerprint density at radius 2 is 1.89 bits per heavy atom. The summed E-state index contributed by atoms with van der Waals surface area (Å²) >= 11 is 3.46. The van der Waals surface area contributed by atoms with Crippen LogP contribution in [0.2, 0.25) is 0 Å². The van der Waals surface area contributed by atoms with Gasteiger partial charge in [0.2, 0.25) is 0 Å². The zero-order valence-electron chi connectivity index (χ0n) is 10.4. The molecule has 1 unspecified atom stereocenters. The van der Waals surface area contributed by atoms with E-state index in [2.05, 4.69) is 15.9 Å². The maximum absolute atomic E-state index is 10.4. The third kappa shape index (κ3) is 2.31. The Morgan fingerprint density at radius 3 is 2.63 bits per heavy atom. The summed E-state index contributed by atoms with van der Waals surface area (Å²) in [5.74, 6) is 0.572. The van der Waals surface area contributed by atoms with Gasteiger partial charge in [-0.05, 0) is 36.2 Å². The van der Waals surface area contributed by atoms with E-state index in [1.807, 2.05) is 55.5 Å². The molecule has 1 atom stereocenters. The summed E-state index contributed by atoms with van der Waals surface area (Å²) in [5.41, 5.74) is 2.72. The van der Waals surface area contributed by atoms with Crippen LogP contribution in [-0.4, -0.2) is 5.11 Å². The lowest BCUT2D eigenvalue weighted by Gasteiger charge is -2.09. The molecule has 0 aliphatic heterocycles. The van der Waals surface area contributed by atoms with Crippen molar-refractivity contribution in [2.45, 2.75) is 13.0 Å². The predicted molar refractivity (Wildman–Crippen MR) is 79.2 cm³/mol. The smallest absolute Gasteiger partial charge is 0.138 e. The van der Waals surface area contributed by atoms with Gasteiger partial charge in [0.15, 0.2) is 0 Å². The van der Waals surface area contributed by atoms with Crippen molar-refractivity contribution in [3.63, 3.8) is 0 Å². The molecule has 1 N–H and O–H groups in total. The van der Waals surface area contributed by atoms with Crippen molar-refractivity contribution in [2.24, 2.45) is 0 Å². The number of fused-ring (bicyclic) bond motifs is 1. The van der Waals surface area contributed by atoms with Crippen molar-refractivity contribution in [3.8, 4) is 0 Å². The molecule has 0 radical (unpaired) electrons. The van der Waals surface area contributed by atoms with Gasteiger partial charge in [-0.2, -0.15) is 0 Å². The number of aliphatic hydroxyl groups excluding tert-OH is 1. The molecule has 3 heteroatoms. The van der Waals surface area contributed by atoms with Crippen molar-refractivity contribution in [3.05, 3.63) is 69.9 Å². The zero-order chi connectivity index (χ0) is 13.4. The fraction of sp³-hybridized carbons (Fsp3) is 0.125. The molecule has 0 bridgehead atoms. The van der Waals surface area contributed by atoms with Gasteiger partial charge in [-0.1, -0.05) is 46.3 Å². The second-order valence-electron chi connectivity index (χ2n) is 4.60. The first kappa shape index (κ1) is 12.5. The topological polar surface area (TPSA) is 33.4 Å². The highest BCUT2D eigenvalue weighted by molar-refractivity contribution is 9.10. The van der Waals surface area contributed by atoms with Crippen LogP contribution in [0.25, 0.3) is 11.0 Å². The summed E-state index contributed by atoms with van der Waals surface area (Å²) in [5, 5.41) is 11.4. The second kappa shape index (κ2) is 4.83. The van der Waals surface area contributed by atoms with E-state index in [1.54, 1.807) is 0 Å². The molecule has 0 aliphatic rings. The Kier molecular flexibility index (Phi) is 3.17. The number of aryl methyl sites for hydroxylation is 1. The molecule has 0 saturated heterocycles. The Bertz CT molecular complexity index is 697. The number of aliphatic hydroxyl groups is 1. The molecule has 2 aromatic carbocycles. The van der Waals surface area contributed by atoms with E-state index in [1.165, 1.54) is 0 Å². The molecule has 0 fully saturated rings. The van der Waals surface area contributed by atoms with E-state index in [-0.39, 0.29) is 0 Å². The maximum atomic E-state index is 10.4. The maximum Gasteiger partial charge on any atom is 0.138 e. The fourth-order valence-corrected chi connectivity index (χ4v) is 2.39. The second-order valence-corrected chi connectivity index (χ2v) is 5.45. The molecule has 0 amide bonds. The molecular weight excluding hydrogens is 304 g/mol. The summed E-state index contributed by atoms with van der Waals surface area (Å²) in [6, 6.07) is 15.4. The standard InChI is InChI=1S/C16H13BrO2/c1-10-8-12(6-7-13(10)17)16(18)15-9-11-4-2-3-5-14(11)19-15/h2-9,16,18H,1H3. The van der Waals surface area contributed by atoms with E-state index in [0.29, 0.717) is 5.76 Å². The Morgan fingerprint density at radius 1 is 1.11 bits per heavy atom. The number of hydrogen-bond donors (Lipinski definition) is 1. The molecule has 19 heavy (non-hydrogen) atoms. The molecule has 1 aromatic heterocycles. The van der Waals surface area contributed by atoms with Crippen LogP contribution < -0.4 is 0 Å². The quantitative estimate of drug-likeness (QED) is 0.750. The van der Waals surface area contributed by atoms with Crippen LogP contribution in [0.1, 0.15) is 23.0 Å². The number of benzene rings is 2. The average molecular weight is 317 g/mol. The summed E-state index contributed by atoms with van der Waals surface area (Å²) in [6.07, 6.45) is -0.737. The lowest BCUT2D eigenvalue weighted by atomic mass is 10.0. The van der Waals surface area contributed by atoms with Crippen LogP contribution in [0.5, 0.6) is 0 Å². The van der Waals surface area contributed by atoms with Gasteiger partial charge >= 0.3 is 0 Å². The minimum atomic E-state index is -0.737. The first-order valence-corrected chi connectivity index (χ1v) is 6.87. The number of para-hydroxylation sites is 1. The predicted octanol–water partition coefficient (Wildman–Crippen LogP) is 4.59. The lowest BCUT2D eigenvalue weighted by Crippen LogP contribution is -1.98.